The summed E-state index contributed by atoms with van der Waals surface area (Å²) in [5.41, 5.74) is 1.39. The number of carboxylic acid groups (broad SMARTS) is 1. The van der Waals surface area contributed by atoms with Crippen LogP contribution in [-0.2, 0) is 14.6 Å². The minimum absolute atomic E-state index is 0.0666. The third-order valence-electron chi connectivity index (χ3n) is 4.58. The second-order valence-corrected chi connectivity index (χ2v) is 9.77. The lowest BCUT2D eigenvalue weighted by Gasteiger charge is -2.10. The van der Waals surface area contributed by atoms with Gasteiger partial charge >= 0.3 is 11.9 Å². The molecule has 2 aromatic carbocycles. The molecule has 0 aliphatic heterocycles. The summed E-state index contributed by atoms with van der Waals surface area (Å²) < 4.78 is 42.9. The van der Waals surface area contributed by atoms with Gasteiger partial charge in [0, 0.05) is 11.1 Å². The van der Waals surface area contributed by atoms with Crippen LogP contribution in [0.4, 0.5) is 4.39 Å². The predicted octanol–water partition coefficient (Wildman–Crippen LogP) is 4.89. The van der Waals surface area contributed by atoms with Gasteiger partial charge in [0.2, 0.25) is 0 Å². The summed E-state index contributed by atoms with van der Waals surface area (Å²) in [6.07, 6.45) is 0. The van der Waals surface area contributed by atoms with E-state index in [0.717, 1.165) is 11.3 Å². The lowest BCUT2D eigenvalue weighted by molar-refractivity contribution is 0.0532. The molecular weight excluding hydrogens is 443 g/mol. The molecule has 0 unspecified atom stereocenters. The zero-order chi connectivity index (χ0) is 22.8. The van der Waals surface area contributed by atoms with Gasteiger partial charge in [-0.25, -0.2) is 22.4 Å². The smallest absolute Gasteiger partial charge is 0.348 e. The molecule has 0 saturated carbocycles. The Morgan fingerprint density at radius 2 is 1.45 bits per heavy atom. The molecule has 9 heteroatoms. The van der Waals surface area contributed by atoms with Crippen LogP contribution in [0.1, 0.15) is 33.2 Å². The zero-order valence-electron chi connectivity index (χ0n) is 16.7. The fourth-order valence-electron chi connectivity index (χ4n) is 3.09. The maximum Gasteiger partial charge on any atom is 0.348 e. The van der Waals surface area contributed by atoms with Gasteiger partial charge in [0.15, 0.2) is 9.84 Å². The fourth-order valence-corrected chi connectivity index (χ4v) is 5.05. The van der Waals surface area contributed by atoms with E-state index in [1.807, 2.05) is 0 Å². The number of sulfone groups is 1. The van der Waals surface area contributed by atoms with Gasteiger partial charge in [-0.1, -0.05) is 31.2 Å². The number of ether oxygens (including phenoxy) is 1. The number of halogens is 1. The Bertz CT molecular complexity index is 1230. The molecule has 0 fully saturated rings. The van der Waals surface area contributed by atoms with E-state index in [-0.39, 0.29) is 32.6 Å². The lowest BCUT2D eigenvalue weighted by Crippen LogP contribution is -2.05. The van der Waals surface area contributed by atoms with Gasteiger partial charge in [-0.3, -0.25) is 0 Å². The zero-order valence-corrected chi connectivity index (χ0v) is 18.3. The topological polar surface area (TPSA) is 97.7 Å². The average molecular weight is 463 g/mol. The summed E-state index contributed by atoms with van der Waals surface area (Å²) in [5, 5.41) is 9.77. The molecule has 3 rings (SSSR count). The van der Waals surface area contributed by atoms with Crippen molar-refractivity contribution in [2.45, 2.75) is 18.7 Å². The van der Waals surface area contributed by atoms with Crippen molar-refractivity contribution in [3.05, 3.63) is 64.1 Å². The highest BCUT2D eigenvalue weighted by Gasteiger charge is 2.29. The van der Waals surface area contributed by atoms with Crippen molar-refractivity contribution in [3.63, 3.8) is 0 Å². The SMILES string of the molecule is CCOC(=O)c1sc(C(=O)O)c(-c2ccc(F)cc2)c1-c1ccc(S(=O)(=O)CC)cc1. The highest BCUT2D eigenvalue weighted by atomic mass is 32.2. The van der Waals surface area contributed by atoms with Crippen molar-refractivity contribution in [1.82, 2.24) is 0 Å². The van der Waals surface area contributed by atoms with Crippen LogP contribution in [0.2, 0.25) is 0 Å². The second kappa shape index (κ2) is 8.99. The highest BCUT2D eigenvalue weighted by Crippen LogP contribution is 2.44. The molecule has 0 aliphatic carbocycles. The van der Waals surface area contributed by atoms with Crippen molar-refractivity contribution in [2.75, 3.05) is 12.4 Å². The molecule has 162 valence electrons. The maximum absolute atomic E-state index is 13.5. The Balaban J connectivity index is 2.31. The van der Waals surface area contributed by atoms with Gasteiger partial charge in [0.05, 0.1) is 17.3 Å². The second-order valence-electron chi connectivity index (χ2n) is 6.47. The summed E-state index contributed by atoms with van der Waals surface area (Å²) in [4.78, 5) is 24.7. The summed E-state index contributed by atoms with van der Waals surface area (Å²) >= 11 is 0.764. The van der Waals surface area contributed by atoms with Gasteiger partial charge in [-0.15, -0.1) is 11.3 Å². The van der Waals surface area contributed by atoms with E-state index in [2.05, 4.69) is 0 Å². The Morgan fingerprint density at radius 3 is 1.94 bits per heavy atom. The van der Waals surface area contributed by atoms with Crippen LogP contribution in [-0.4, -0.2) is 37.8 Å². The monoisotopic (exact) mass is 462 g/mol. The Kier molecular flexibility index (Phi) is 6.56. The third-order valence-corrected chi connectivity index (χ3v) is 7.49. The van der Waals surface area contributed by atoms with E-state index >= 15 is 0 Å². The minimum atomic E-state index is -3.43. The molecule has 0 radical (unpaired) electrons. The molecule has 1 aromatic heterocycles. The third kappa shape index (κ3) is 4.52. The van der Waals surface area contributed by atoms with E-state index in [1.54, 1.807) is 6.92 Å². The predicted molar refractivity (Wildman–Crippen MR) is 116 cm³/mol. The van der Waals surface area contributed by atoms with E-state index in [0.29, 0.717) is 16.7 Å². The summed E-state index contributed by atoms with van der Waals surface area (Å²) in [7, 11) is -3.43. The summed E-state index contributed by atoms with van der Waals surface area (Å²) in [6.45, 7) is 3.26. The largest absolute Gasteiger partial charge is 0.477 e. The summed E-state index contributed by atoms with van der Waals surface area (Å²) in [5.74, 6) is -2.49. The van der Waals surface area contributed by atoms with Gasteiger partial charge in [0.25, 0.3) is 0 Å². The standard InChI is InChI=1S/C22H19FO6S2/c1-3-29-22(26)20-18(14-7-11-16(12-8-14)31(27,28)4-2)17(19(30-20)21(24)25)13-5-9-15(23)10-6-13/h5-12H,3-4H2,1-2H3,(H,24,25). The molecule has 0 atom stereocenters. The van der Waals surface area contributed by atoms with E-state index in [4.69, 9.17) is 4.74 Å². The summed E-state index contributed by atoms with van der Waals surface area (Å²) in [6, 6.07) is 11.1. The number of aromatic carboxylic acids is 1. The van der Waals surface area contributed by atoms with Crippen molar-refractivity contribution < 1.29 is 32.2 Å². The van der Waals surface area contributed by atoms with Crippen molar-refractivity contribution in [2.24, 2.45) is 0 Å². The molecule has 0 aliphatic rings. The minimum Gasteiger partial charge on any atom is -0.477 e. The van der Waals surface area contributed by atoms with Crippen LogP contribution in [0, 0.1) is 5.82 Å². The molecule has 0 spiro atoms. The molecule has 1 heterocycles. The first kappa shape index (κ1) is 22.6. The number of carbonyl (C=O) groups excluding carboxylic acids is 1. The Labute approximate surface area is 182 Å². The van der Waals surface area contributed by atoms with Crippen LogP contribution < -0.4 is 0 Å². The highest BCUT2D eigenvalue weighted by molar-refractivity contribution is 7.91. The van der Waals surface area contributed by atoms with Crippen LogP contribution in [0.3, 0.4) is 0 Å². The fraction of sp³-hybridized carbons (Fsp3) is 0.182. The molecule has 3 aromatic rings. The van der Waals surface area contributed by atoms with Crippen LogP contribution in [0.5, 0.6) is 0 Å². The van der Waals surface area contributed by atoms with E-state index in [9.17, 15) is 27.5 Å². The van der Waals surface area contributed by atoms with Crippen molar-refractivity contribution >= 4 is 33.1 Å². The van der Waals surface area contributed by atoms with Crippen LogP contribution in [0.15, 0.2) is 53.4 Å². The Hall–Kier alpha value is -3.04. The molecule has 31 heavy (non-hydrogen) atoms. The number of benzene rings is 2. The number of rotatable bonds is 7. The number of hydrogen-bond acceptors (Lipinski definition) is 6. The quantitative estimate of drug-likeness (QED) is 0.502. The first-order valence-electron chi connectivity index (χ1n) is 9.35. The first-order chi connectivity index (χ1) is 14.7. The van der Waals surface area contributed by atoms with E-state index in [1.165, 1.54) is 55.5 Å². The van der Waals surface area contributed by atoms with Gasteiger partial charge in [-0.05, 0) is 42.3 Å². The number of thiophene rings is 1. The number of hydrogen-bond donors (Lipinski definition) is 1. The normalized spacial score (nSPS) is 11.3. The molecule has 0 bridgehead atoms. The molecule has 0 saturated heterocycles. The van der Waals surface area contributed by atoms with Gasteiger partial charge in [0.1, 0.15) is 15.6 Å². The van der Waals surface area contributed by atoms with Crippen LogP contribution >= 0.6 is 11.3 Å². The number of carboxylic acids is 1. The molecule has 6 nitrogen and oxygen atoms in total. The number of carbonyl (C=O) groups is 2. The molecule has 0 amide bonds. The average Bonchev–Trinajstić information content (AvgIpc) is 3.15. The Morgan fingerprint density at radius 1 is 0.935 bits per heavy atom. The lowest BCUT2D eigenvalue weighted by atomic mass is 9.94. The van der Waals surface area contributed by atoms with Gasteiger partial charge < -0.3 is 9.84 Å². The maximum atomic E-state index is 13.5. The van der Waals surface area contributed by atoms with Crippen LogP contribution in [0.25, 0.3) is 22.3 Å². The van der Waals surface area contributed by atoms with E-state index < -0.39 is 27.6 Å². The van der Waals surface area contributed by atoms with Crippen molar-refractivity contribution in [1.29, 1.82) is 0 Å². The number of esters is 1. The molecular formula is C22H19FO6S2. The van der Waals surface area contributed by atoms with Gasteiger partial charge in [-0.2, -0.15) is 0 Å². The molecule has 1 N–H and O–H groups in total. The van der Waals surface area contributed by atoms with Crippen molar-refractivity contribution in [3.8, 4) is 22.3 Å². The first-order valence-corrected chi connectivity index (χ1v) is 11.8.